The number of halogens is 4. The summed E-state index contributed by atoms with van der Waals surface area (Å²) >= 11 is 0. The van der Waals surface area contributed by atoms with Crippen LogP contribution < -0.4 is 0 Å². The molecule has 0 radical (unpaired) electrons. The minimum atomic E-state index is -5.14. The van der Waals surface area contributed by atoms with Gasteiger partial charge in [-0.25, -0.2) is 9.37 Å². The van der Waals surface area contributed by atoms with Gasteiger partial charge < -0.3 is 19.3 Å². The molecule has 2 amide bonds. The van der Waals surface area contributed by atoms with E-state index in [0.717, 1.165) is 10.5 Å². The number of alkyl halides is 3. The smallest absolute Gasteiger partial charge is 0.426 e. The summed E-state index contributed by atoms with van der Waals surface area (Å²) < 4.78 is 59.0. The maximum atomic E-state index is 13.5. The van der Waals surface area contributed by atoms with Crippen LogP contribution in [0.25, 0.3) is 22.4 Å². The molecule has 0 bridgehead atoms. The van der Waals surface area contributed by atoms with Gasteiger partial charge in [0.15, 0.2) is 11.3 Å². The molecule has 0 spiro atoms. The Hall–Kier alpha value is -3.47. The van der Waals surface area contributed by atoms with Crippen molar-refractivity contribution in [3.05, 3.63) is 53.5 Å². The van der Waals surface area contributed by atoms with Crippen LogP contribution >= 0.6 is 0 Å². The van der Waals surface area contributed by atoms with Crippen molar-refractivity contribution in [3.63, 3.8) is 0 Å². The quantitative estimate of drug-likeness (QED) is 0.468. The van der Waals surface area contributed by atoms with Gasteiger partial charge >= 0.3 is 6.18 Å². The van der Waals surface area contributed by atoms with E-state index in [1.165, 1.54) is 23.1 Å². The van der Waals surface area contributed by atoms with Crippen molar-refractivity contribution in [1.82, 2.24) is 14.8 Å². The summed E-state index contributed by atoms with van der Waals surface area (Å²) in [6.07, 6.45) is -5.14. The minimum Gasteiger partial charge on any atom is -0.449 e. The van der Waals surface area contributed by atoms with Crippen molar-refractivity contribution in [2.45, 2.75) is 57.9 Å². The molecule has 38 heavy (non-hydrogen) atoms. The lowest BCUT2D eigenvalue weighted by molar-refractivity contribution is -0.251. The summed E-state index contributed by atoms with van der Waals surface area (Å²) in [6.45, 7) is 7.13. The molecule has 1 unspecified atom stereocenters. The number of rotatable bonds is 4. The fourth-order valence-electron chi connectivity index (χ4n) is 4.62. The van der Waals surface area contributed by atoms with Crippen LogP contribution in [-0.4, -0.2) is 68.7 Å². The molecule has 1 fully saturated rings. The predicted octanol–water partition coefficient (Wildman–Crippen LogP) is 5.13. The van der Waals surface area contributed by atoms with Crippen LogP contribution in [0.3, 0.4) is 0 Å². The van der Waals surface area contributed by atoms with Crippen LogP contribution in [0.4, 0.5) is 17.6 Å². The van der Waals surface area contributed by atoms with Gasteiger partial charge in [-0.3, -0.25) is 9.59 Å². The minimum absolute atomic E-state index is 0.000737. The van der Waals surface area contributed by atoms with Gasteiger partial charge in [0.1, 0.15) is 11.3 Å². The fraction of sp³-hybridized carbons (Fsp3) is 0.444. The number of aromatic nitrogens is 1. The number of carbonyl (C=O) groups is 2. The number of hydrogen-bond donors (Lipinski definition) is 1. The number of pyridine rings is 1. The fourth-order valence-corrected chi connectivity index (χ4v) is 4.62. The van der Waals surface area contributed by atoms with Gasteiger partial charge in [0.25, 0.3) is 11.8 Å². The second kappa shape index (κ2) is 9.37. The lowest BCUT2D eigenvalue weighted by Gasteiger charge is -2.48. The van der Waals surface area contributed by atoms with Gasteiger partial charge in [-0.1, -0.05) is 13.8 Å². The van der Waals surface area contributed by atoms with Gasteiger partial charge in [-0.05, 0) is 57.0 Å². The van der Waals surface area contributed by atoms with Gasteiger partial charge in [-0.15, -0.1) is 0 Å². The van der Waals surface area contributed by atoms with Crippen LogP contribution in [0.2, 0.25) is 0 Å². The van der Waals surface area contributed by atoms with Gasteiger partial charge in [0.05, 0.1) is 11.2 Å². The van der Waals surface area contributed by atoms with E-state index in [1.807, 2.05) is 19.9 Å². The zero-order valence-corrected chi connectivity index (χ0v) is 21.7. The van der Waals surface area contributed by atoms with Crippen LogP contribution in [0, 0.1) is 5.82 Å². The summed E-state index contributed by atoms with van der Waals surface area (Å²) in [6, 6.07) is 9.23. The van der Waals surface area contributed by atoms with E-state index in [0.29, 0.717) is 29.3 Å². The molecule has 4 rings (SSSR count). The normalized spacial score (nSPS) is 17.7. The van der Waals surface area contributed by atoms with E-state index < -0.39 is 29.1 Å². The molecular weight excluding hydrogens is 506 g/mol. The topological polar surface area (TPSA) is 86.9 Å². The summed E-state index contributed by atoms with van der Waals surface area (Å²) in [5, 5.41) is 9.83. The maximum absolute atomic E-state index is 13.5. The third-order valence-corrected chi connectivity index (χ3v) is 6.88. The molecule has 1 saturated heterocycles. The van der Waals surface area contributed by atoms with Crippen molar-refractivity contribution >= 4 is 22.9 Å². The number of amides is 2. The predicted molar refractivity (Wildman–Crippen MR) is 132 cm³/mol. The Bertz CT molecular complexity index is 1380. The highest BCUT2D eigenvalue weighted by Crippen LogP contribution is 2.35. The lowest BCUT2D eigenvalue weighted by atomic mass is 9.95. The van der Waals surface area contributed by atoms with Gasteiger partial charge in [0.2, 0.25) is 5.60 Å². The third kappa shape index (κ3) is 4.87. The monoisotopic (exact) mass is 535 g/mol. The van der Waals surface area contributed by atoms with E-state index in [-0.39, 0.29) is 37.1 Å². The Morgan fingerprint density at radius 1 is 1.11 bits per heavy atom. The Morgan fingerprint density at radius 2 is 1.74 bits per heavy atom. The van der Waals surface area contributed by atoms with Crippen LogP contribution in [0.1, 0.15) is 56.7 Å². The average molecular weight is 536 g/mol. The van der Waals surface area contributed by atoms with Crippen molar-refractivity contribution in [1.29, 1.82) is 0 Å². The van der Waals surface area contributed by atoms with Crippen molar-refractivity contribution in [2.75, 3.05) is 19.6 Å². The summed E-state index contributed by atoms with van der Waals surface area (Å²) in [7, 11) is 0. The van der Waals surface area contributed by atoms with Crippen molar-refractivity contribution in [2.24, 2.45) is 0 Å². The molecule has 1 atom stereocenters. The van der Waals surface area contributed by atoms with Gasteiger partial charge in [-0.2, -0.15) is 13.2 Å². The van der Waals surface area contributed by atoms with E-state index in [1.54, 1.807) is 26.0 Å². The molecule has 0 saturated carbocycles. The molecule has 3 heterocycles. The number of nitrogens with zero attached hydrogens (tertiary/aromatic N) is 3. The number of piperazine rings is 1. The highest BCUT2D eigenvalue weighted by atomic mass is 19.4. The number of aliphatic hydroxyl groups is 1. The summed E-state index contributed by atoms with van der Waals surface area (Å²) in [5.74, 6) is -2.32. The molecule has 3 aromatic rings. The van der Waals surface area contributed by atoms with Crippen LogP contribution in [0.15, 0.2) is 40.8 Å². The summed E-state index contributed by atoms with van der Waals surface area (Å²) in [4.78, 5) is 33.0. The first-order valence-electron chi connectivity index (χ1n) is 12.1. The first-order chi connectivity index (χ1) is 17.5. The second-order valence-electron chi connectivity index (χ2n) is 10.6. The molecule has 2 aromatic heterocycles. The number of carbonyl (C=O) groups excluding carboxylic acids is 2. The number of benzene rings is 1. The molecule has 11 heteroatoms. The molecule has 204 valence electrons. The third-order valence-electron chi connectivity index (χ3n) is 6.88. The van der Waals surface area contributed by atoms with Gasteiger partial charge in [0, 0.05) is 36.8 Å². The Balaban J connectivity index is 1.64. The van der Waals surface area contributed by atoms with E-state index in [2.05, 4.69) is 4.98 Å². The Labute approximate surface area is 217 Å². The molecule has 1 aromatic carbocycles. The van der Waals surface area contributed by atoms with E-state index in [9.17, 15) is 32.3 Å². The van der Waals surface area contributed by atoms with Crippen LogP contribution in [-0.2, 0) is 4.79 Å². The summed E-state index contributed by atoms with van der Waals surface area (Å²) in [5.41, 5.74) is -1.63. The second-order valence-corrected chi connectivity index (χ2v) is 10.6. The van der Waals surface area contributed by atoms with Crippen LogP contribution in [0.5, 0.6) is 0 Å². The maximum Gasteiger partial charge on any atom is 0.426 e. The SMILES string of the molecule is CC(C)c1cc(-c2ccc(F)cc2)nc2cc(C(=O)N3CCN(C(=O)C(C)(O)C(F)(F)F)CC3(C)C)oc12. The highest BCUT2D eigenvalue weighted by Gasteiger charge is 2.58. The highest BCUT2D eigenvalue weighted by molar-refractivity contribution is 5.97. The Kier molecular flexibility index (Phi) is 6.80. The standard InChI is InChI=1S/C27H29F4N3O4/c1-15(2)18-12-19(16-6-8-17(28)9-7-16)32-20-13-21(38-22(18)20)23(35)34-11-10-33(14-25(34,3)4)24(36)26(5,37)27(29,30)31/h6-9,12-13,15,37H,10-11,14H2,1-5H3. The number of furan rings is 1. The number of hydrogen-bond acceptors (Lipinski definition) is 5. The van der Waals surface area contributed by atoms with Crippen molar-refractivity contribution < 1.29 is 36.7 Å². The average Bonchev–Trinajstić information content (AvgIpc) is 3.25. The molecular formula is C27H29F4N3O4. The molecule has 0 aliphatic carbocycles. The first kappa shape index (κ1) is 27.6. The first-order valence-corrected chi connectivity index (χ1v) is 12.1. The molecule has 1 aliphatic rings. The molecule has 1 aliphatic heterocycles. The van der Waals surface area contributed by atoms with E-state index in [4.69, 9.17) is 4.42 Å². The largest absolute Gasteiger partial charge is 0.449 e. The zero-order valence-electron chi connectivity index (χ0n) is 21.7. The van der Waals surface area contributed by atoms with Crippen molar-refractivity contribution in [3.8, 4) is 11.3 Å². The molecule has 7 nitrogen and oxygen atoms in total. The van der Waals surface area contributed by atoms with E-state index >= 15 is 0 Å². The lowest BCUT2D eigenvalue weighted by Crippen LogP contribution is -2.66. The zero-order chi connectivity index (χ0) is 28.2. The number of fused-ring (bicyclic) bond motifs is 1. The Morgan fingerprint density at radius 3 is 2.29 bits per heavy atom. The molecule has 1 N–H and O–H groups in total.